The number of nitrogens with one attached hydrogen (secondary N) is 3. The molecule has 0 aromatic heterocycles. The summed E-state index contributed by atoms with van der Waals surface area (Å²) < 4.78 is 0. The van der Waals surface area contributed by atoms with Crippen LogP contribution >= 0.6 is 0 Å². The van der Waals surface area contributed by atoms with E-state index in [4.69, 9.17) is 15.3 Å². The van der Waals surface area contributed by atoms with Gasteiger partial charge in [0.1, 0.15) is 18.1 Å². The third-order valence-electron chi connectivity index (χ3n) is 3.88. The maximum atomic E-state index is 10.4. The smallest absolute Gasteiger partial charge is 0.326 e. The molecule has 0 aliphatic carbocycles. The van der Waals surface area contributed by atoms with E-state index in [2.05, 4.69) is 16.0 Å². The van der Waals surface area contributed by atoms with Crippen LogP contribution in [0.4, 0.5) is 0 Å². The van der Waals surface area contributed by atoms with Gasteiger partial charge in [0.2, 0.25) is 17.7 Å². The van der Waals surface area contributed by atoms with Crippen LogP contribution in [0.3, 0.4) is 0 Å². The summed E-state index contributed by atoms with van der Waals surface area (Å²) in [5.41, 5.74) is 0. The number of carboxylic acids is 3. The van der Waals surface area contributed by atoms with Crippen LogP contribution in [0.15, 0.2) is 0 Å². The Morgan fingerprint density at radius 3 is 0.893 bits per heavy atom. The van der Waals surface area contributed by atoms with Crippen LogP contribution in [-0.2, 0) is 46.1 Å². The van der Waals surface area contributed by atoms with Gasteiger partial charge < -0.3 is 31.3 Å². The first-order chi connectivity index (χ1) is 12.6. The molecule has 28 heavy (non-hydrogen) atoms. The molecule has 3 saturated heterocycles. The number of hydrogen-bond donors (Lipinski definition) is 6. The summed E-state index contributed by atoms with van der Waals surface area (Å²) >= 11 is 0. The molecule has 13 heteroatoms. The molecule has 3 amide bonds. The maximum absolute atomic E-state index is 10.4. The number of carboxylic acid groups (broad SMARTS) is 3. The second-order valence-corrected chi connectivity index (χ2v) is 5.99. The Labute approximate surface area is 170 Å². The first kappa shape index (κ1) is 25.4. The van der Waals surface area contributed by atoms with Crippen molar-refractivity contribution in [2.45, 2.75) is 56.7 Å². The molecule has 0 radical (unpaired) electrons. The fraction of sp³-hybridized carbons (Fsp3) is 0.600. The maximum Gasteiger partial charge on any atom is 0.326 e. The molecule has 0 unspecified atom stereocenters. The Morgan fingerprint density at radius 2 is 0.821 bits per heavy atom. The predicted octanol–water partition coefficient (Wildman–Crippen LogP) is -1.95. The van der Waals surface area contributed by atoms with Crippen molar-refractivity contribution in [2.24, 2.45) is 0 Å². The van der Waals surface area contributed by atoms with Crippen LogP contribution in [-0.4, -0.2) is 69.1 Å². The molecule has 3 aliphatic heterocycles. The van der Waals surface area contributed by atoms with Crippen LogP contribution in [0, 0.1) is 0 Å². The van der Waals surface area contributed by atoms with Crippen LogP contribution in [0.1, 0.15) is 38.5 Å². The van der Waals surface area contributed by atoms with E-state index in [1.807, 2.05) is 0 Å². The average Bonchev–Trinajstić information content (AvgIpc) is 3.30. The Bertz CT molecular complexity index is 555. The van der Waals surface area contributed by atoms with E-state index in [1.54, 1.807) is 0 Å². The molecule has 0 saturated carbocycles. The first-order valence-corrected chi connectivity index (χ1v) is 8.16. The van der Waals surface area contributed by atoms with Crippen LogP contribution in [0.2, 0.25) is 0 Å². The fourth-order valence-electron chi connectivity index (χ4n) is 2.40. The molecular formula is C15H21CrN3O9. The molecular weight excluding hydrogens is 418 g/mol. The Kier molecular flexibility index (Phi) is 10.8. The number of hydrogen-bond acceptors (Lipinski definition) is 6. The summed E-state index contributed by atoms with van der Waals surface area (Å²) in [6.45, 7) is 0. The van der Waals surface area contributed by atoms with Gasteiger partial charge in [0, 0.05) is 36.6 Å². The number of aliphatic carboxylic acids is 3. The number of rotatable bonds is 3. The topological polar surface area (TPSA) is 199 Å². The van der Waals surface area contributed by atoms with Gasteiger partial charge in [-0.25, -0.2) is 14.4 Å². The SMILES string of the molecule is O=C1CC[C@@H](C(=O)O)N1.O=C1CC[C@@H](C(=O)O)N1.O=C1CC[C@@H](C(=O)O)N1.[Cr]. The molecule has 156 valence electrons. The fourth-order valence-corrected chi connectivity index (χ4v) is 2.40. The van der Waals surface area contributed by atoms with Gasteiger partial charge in [-0.2, -0.15) is 0 Å². The molecule has 12 nitrogen and oxygen atoms in total. The van der Waals surface area contributed by atoms with Crippen molar-refractivity contribution in [1.82, 2.24) is 16.0 Å². The number of amides is 3. The average molecular weight is 439 g/mol. The molecule has 0 aromatic carbocycles. The zero-order valence-electron chi connectivity index (χ0n) is 14.7. The van der Waals surface area contributed by atoms with Gasteiger partial charge in [-0.05, 0) is 19.3 Å². The summed E-state index contributed by atoms with van der Waals surface area (Å²) in [4.78, 5) is 61.5. The molecule has 3 heterocycles. The second kappa shape index (κ2) is 11.9. The van der Waals surface area contributed by atoms with Gasteiger partial charge in [0.05, 0.1) is 0 Å². The molecule has 3 fully saturated rings. The zero-order chi connectivity index (χ0) is 20.6. The Balaban J connectivity index is 0.000000384. The summed E-state index contributed by atoms with van der Waals surface area (Å²) in [6, 6.07) is -1.92. The molecule has 6 N–H and O–H groups in total. The van der Waals surface area contributed by atoms with Crippen molar-refractivity contribution >= 4 is 35.6 Å². The van der Waals surface area contributed by atoms with E-state index in [0.717, 1.165) is 0 Å². The minimum Gasteiger partial charge on any atom is -0.480 e. The van der Waals surface area contributed by atoms with E-state index in [0.29, 0.717) is 38.5 Å². The zero-order valence-corrected chi connectivity index (χ0v) is 15.9. The minimum absolute atomic E-state index is 0. The van der Waals surface area contributed by atoms with Crippen molar-refractivity contribution in [3.63, 3.8) is 0 Å². The summed E-state index contributed by atoms with van der Waals surface area (Å²) in [5, 5.41) is 31.9. The molecule has 0 aromatic rings. The minimum atomic E-state index is -0.944. The van der Waals surface area contributed by atoms with Gasteiger partial charge >= 0.3 is 17.9 Å². The third-order valence-corrected chi connectivity index (χ3v) is 3.88. The van der Waals surface area contributed by atoms with E-state index in [-0.39, 0.29) is 35.1 Å². The van der Waals surface area contributed by atoms with Crippen molar-refractivity contribution in [2.75, 3.05) is 0 Å². The molecule has 3 aliphatic rings. The molecule has 3 rings (SSSR count). The van der Waals surface area contributed by atoms with E-state index in [9.17, 15) is 28.8 Å². The molecule has 3 atom stereocenters. The Hall–Kier alpha value is -2.65. The van der Waals surface area contributed by atoms with E-state index in [1.165, 1.54) is 0 Å². The molecule has 0 bridgehead atoms. The van der Waals surface area contributed by atoms with Gasteiger partial charge in [-0.15, -0.1) is 0 Å². The van der Waals surface area contributed by atoms with Crippen molar-refractivity contribution in [3.05, 3.63) is 0 Å². The van der Waals surface area contributed by atoms with Crippen LogP contribution in [0.25, 0.3) is 0 Å². The van der Waals surface area contributed by atoms with E-state index >= 15 is 0 Å². The second-order valence-electron chi connectivity index (χ2n) is 5.99. The summed E-state index contributed by atoms with van der Waals surface area (Å²) in [7, 11) is 0. The third kappa shape index (κ3) is 8.83. The standard InChI is InChI=1S/3C5H7NO3.Cr/c3*7-4-2-1-3(6-4)5(8)9;/h3*3H,1-2H2,(H,6,7)(H,8,9);/t3*3-;/m000./s1. The first-order valence-electron chi connectivity index (χ1n) is 8.16. The number of carbonyl (C=O) groups is 6. The Morgan fingerprint density at radius 1 is 0.607 bits per heavy atom. The summed E-state index contributed by atoms with van der Waals surface area (Å²) in [5.74, 6) is -3.32. The van der Waals surface area contributed by atoms with Crippen LogP contribution < -0.4 is 16.0 Å². The summed E-state index contributed by atoms with van der Waals surface area (Å²) in [6.07, 6.45) is 2.31. The molecule has 0 spiro atoms. The van der Waals surface area contributed by atoms with E-state index < -0.39 is 36.0 Å². The van der Waals surface area contributed by atoms with Crippen molar-refractivity contribution in [3.8, 4) is 0 Å². The van der Waals surface area contributed by atoms with Gasteiger partial charge in [0.25, 0.3) is 0 Å². The van der Waals surface area contributed by atoms with Gasteiger partial charge in [-0.3, -0.25) is 14.4 Å². The van der Waals surface area contributed by atoms with Gasteiger partial charge in [0.15, 0.2) is 0 Å². The normalized spacial score (nSPS) is 24.9. The predicted molar refractivity (Wildman–Crippen MR) is 86.4 cm³/mol. The van der Waals surface area contributed by atoms with Crippen LogP contribution in [0.5, 0.6) is 0 Å². The number of carbonyl (C=O) groups excluding carboxylic acids is 3. The quantitative estimate of drug-likeness (QED) is 0.289. The largest absolute Gasteiger partial charge is 0.480 e. The van der Waals surface area contributed by atoms with Gasteiger partial charge in [-0.1, -0.05) is 0 Å². The van der Waals surface area contributed by atoms with Crippen molar-refractivity contribution < 1.29 is 61.4 Å². The van der Waals surface area contributed by atoms with Crippen molar-refractivity contribution in [1.29, 1.82) is 0 Å². The monoisotopic (exact) mass is 439 g/mol.